The van der Waals surface area contributed by atoms with Gasteiger partial charge in [-0.2, -0.15) is 0 Å². The lowest BCUT2D eigenvalue weighted by molar-refractivity contribution is -0.125. The SMILES string of the molecule is CC(NC(=O)[C@@H]1C[C@@H](O)CN1C(=O)O)c1ccc(-c2scnc2CO)cc1. The highest BCUT2D eigenvalue weighted by Crippen LogP contribution is 2.29. The van der Waals surface area contributed by atoms with E-state index in [1.54, 1.807) is 5.51 Å². The summed E-state index contributed by atoms with van der Waals surface area (Å²) >= 11 is 1.45. The molecule has 0 aliphatic carbocycles. The number of aromatic nitrogens is 1. The number of carboxylic acid groups (broad SMARTS) is 1. The van der Waals surface area contributed by atoms with Crippen molar-refractivity contribution in [2.24, 2.45) is 0 Å². The van der Waals surface area contributed by atoms with Crippen LogP contribution in [0.5, 0.6) is 0 Å². The standard InChI is InChI=1S/C18H21N3O5S/c1-10(20-17(24)15-6-13(23)7-21(15)18(25)26)11-2-4-12(5-3-11)16-14(8-22)19-9-27-16/h2-5,9-10,13,15,22-23H,6-8H2,1H3,(H,20,24)(H,25,26)/t10?,13-,15+/m1/s1. The number of benzene rings is 1. The van der Waals surface area contributed by atoms with Crippen LogP contribution in [0.1, 0.15) is 30.6 Å². The second-order valence-electron chi connectivity index (χ2n) is 6.48. The highest BCUT2D eigenvalue weighted by Gasteiger charge is 2.39. The summed E-state index contributed by atoms with van der Waals surface area (Å²) in [6.07, 6.45) is -1.95. The Morgan fingerprint density at radius 1 is 1.37 bits per heavy atom. The summed E-state index contributed by atoms with van der Waals surface area (Å²) in [5.74, 6) is -0.421. The number of nitrogens with one attached hydrogen (secondary N) is 1. The van der Waals surface area contributed by atoms with Crippen LogP contribution in [0.2, 0.25) is 0 Å². The summed E-state index contributed by atoms with van der Waals surface area (Å²) in [6, 6.07) is 6.34. The number of nitrogens with zero attached hydrogens (tertiary/aromatic N) is 2. The van der Waals surface area contributed by atoms with Crippen molar-refractivity contribution in [3.8, 4) is 10.4 Å². The van der Waals surface area contributed by atoms with Gasteiger partial charge < -0.3 is 20.6 Å². The zero-order valence-corrected chi connectivity index (χ0v) is 15.5. The van der Waals surface area contributed by atoms with E-state index in [0.29, 0.717) is 5.69 Å². The molecule has 144 valence electrons. The summed E-state index contributed by atoms with van der Waals surface area (Å²) < 4.78 is 0. The third kappa shape index (κ3) is 4.10. The predicted molar refractivity (Wildman–Crippen MR) is 99.2 cm³/mol. The molecule has 0 spiro atoms. The Morgan fingerprint density at radius 2 is 2.07 bits per heavy atom. The Morgan fingerprint density at radius 3 is 2.70 bits per heavy atom. The zero-order chi connectivity index (χ0) is 19.6. The van der Waals surface area contributed by atoms with E-state index in [4.69, 9.17) is 0 Å². The normalized spacial score (nSPS) is 20.5. The van der Waals surface area contributed by atoms with Crippen molar-refractivity contribution in [2.45, 2.75) is 38.1 Å². The molecule has 1 aromatic carbocycles. The lowest BCUT2D eigenvalue weighted by atomic mass is 10.0. The summed E-state index contributed by atoms with van der Waals surface area (Å²) in [5.41, 5.74) is 4.10. The molecule has 1 saturated heterocycles. The van der Waals surface area contributed by atoms with Crippen LogP contribution < -0.4 is 5.32 Å². The highest BCUT2D eigenvalue weighted by molar-refractivity contribution is 7.13. The lowest BCUT2D eigenvalue weighted by Crippen LogP contribution is -2.46. The van der Waals surface area contributed by atoms with Gasteiger partial charge in [-0.3, -0.25) is 9.69 Å². The molecule has 0 bridgehead atoms. The Labute approximate surface area is 160 Å². The summed E-state index contributed by atoms with van der Waals surface area (Å²) in [7, 11) is 0. The smallest absolute Gasteiger partial charge is 0.408 e. The number of carbonyl (C=O) groups is 2. The number of carbonyl (C=O) groups excluding carboxylic acids is 1. The monoisotopic (exact) mass is 391 g/mol. The average molecular weight is 391 g/mol. The maximum Gasteiger partial charge on any atom is 0.408 e. The Bertz CT molecular complexity index is 823. The van der Waals surface area contributed by atoms with Crippen LogP contribution in [-0.2, 0) is 11.4 Å². The van der Waals surface area contributed by atoms with Crippen LogP contribution in [0.15, 0.2) is 29.8 Å². The van der Waals surface area contributed by atoms with Gasteiger partial charge >= 0.3 is 6.09 Å². The maximum absolute atomic E-state index is 12.5. The number of β-amino-alcohol motifs (C(OH)–C–C–N with tert-alkyl or cyclic N) is 1. The van der Waals surface area contributed by atoms with Crippen molar-refractivity contribution in [2.75, 3.05) is 6.54 Å². The molecule has 1 aliphatic rings. The molecular weight excluding hydrogens is 370 g/mol. The molecule has 3 rings (SSSR count). The molecule has 1 fully saturated rings. The van der Waals surface area contributed by atoms with Gasteiger partial charge in [-0.25, -0.2) is 9.78 Å². The predicted octanol–water partition coefficient (Wildman–Crippen LogP) is 1.59. The second-order valence-corrected chi connectivity index (χ2v) is 7.33. The molecule has 9 heteroatoms. The van der Waals surface area contributed by atoms with Crippen molar-refractivity contribution in [3.63, 3.8) is 0 Å². The van der Waals surface area contributed by atoms with Gasteiger partial charge in [0.2, 0.25) is 5.91 Å². The first-order valence-electron chi connectivity index (χ1n) is 8.52. The third-order valence-electron chi connectivity index (χ3n) is 4.65. The molecule has 8 nitrogen and oxygen atoms in total. The minimum atomic E-state index is -1.21. The van der Waals surface area contributed by atoms with Gasteiger partial charge in [-0.1, -0.05) is 24.3 Å². The van der Waals surface area contributed by atoms with Crippen molar-refractivity contribution in [1.29, 1.82) is 0 Å². The van der Waals surface area contributed by atoms with Gasteiger partial charge in [0.05, 0.1) is 41.4 Å². The number of aliphatic hydroxyl groups is 2. The minimum absolute atomic E-state index is 0.0570. The molecule has 0 saturated carbocycles. The molecule has 1 aromatic heterocycles. The second kappa shape index (κ2) is 8.03. The van der Waals surface area contributed by atoms with Crippen LogP contribution in [0, 0.1) is 0 Å². The molecule has 27 heavy (non-hydrogen) atoms. The fourth-order valence-corrected chi connectivity index (χ4v) is 4.02. The van der Waals surface area contributed by atoms with Gasteiger partial charge in [0.25, 0.3) is 0 Å². The fraction of sp³-hybridized carbons (Fsp3) is 0.389. The molecule has 2 amide bonds. The number of hydrogen-bond donors (Lipinski definition) is 4. The lowest BCUT2D eigenvalue weighted by Gasteiger charge is -2.23. The number of hydrogen-bond acceptors (Lipinski definition) is 6. The van der Waals surface area contributed by atoms with Crippen LogP contribution in [-0.4, -0.2) is 55.9 Å². The molecule has 3 atom stereocenters. The molecule has 2 heterocycles. The number of amides is 2. The molecule has 0 radical (unpaired) electrons. The quantitative estimate of drug-likeness (QED) is 0.614. The molecule has 4 N–H and O–H groups in total. The Balaban J connectivity index is 1.68. The maximum atomic E-state index is 12.5. The minimum Gasteiger partial charge on any atom is -0.465 e. The molecular formula is C18H21N3O5S. The van der Waals surface area contributed by atoms with E-state index >= 15 is 0 Å². The van der Waals surface area contributed by atoms with Crippen molar-refractivity contribution in [1.82, 2.24) is 15.2 Å². The number of likely N-dealkylation sites (tertiary alicyclic amines) is 1. The largest absolute Gasteiger partial charge is 0.465 e. The van der Waals surface area contributed by atoms with Gasteiger partial charge in [0.15, 0.2) is 0 Å². The number of thiazole rings is 1. The van der Waals surface area contributed by atoms with Gasteiger partial charge in [-0.05, 0) is 18.1 Å². The number of rotatable bonds is 5. The summed E-state index contributed by atoms with van der Waals surface area (Å²) in [5, 5.41) is 31.0. The van der Waals surface area contributed by atoms with E-state index in [1.165, 1.54) is 11.3 Å². The summed E-state index contributed by atoms with van der Waals surface area (Å²) in [4.78, 5) is 29.7. The average Bonchev–Trinajstić information content (AvgIpc) is 3.28. The number of aliphatic hydroxyl groups excluding tert-OH is 2. The Kier molecular flexibility index (Phi) is 5.73. The van der Waals surface area contributed by atoms with E-state index < -0.39 is 24.1 Å². The fourth-order valence-electron chi connectivity index (χ4n) is 3.21. The van der Waals surface area contributed by atoms with Crippen LogP contribution in [0.25, 0.3) is 10.4 Å². The van der Waals surface area contributed by atoms with E-state index in [1.807, 2.05) is 31.2 Å². The van der Waals surface area contributed by atoms with E-state index in [-0.39, 0.29) is 25.6 Å². The van der Waals surface area contributed by atoms with Crippen molar-refractivity contribution >= 4 is 23.3 Å². The van der Waals surface area contributed by atoms with Crippen LogP contribution >= 0.6 is 11.3 Å². The first-order chi connectivity index (χ1) is 12.9. The third-order valence-corrected chi connectivity index (χ3v) is 5.57. The first kappa shape index (κ1) is 19.3. The van der Waals surface area contributed by atoms with E-state index in [0.717, 1.165) is 20.9 Å². The first-order valence-corrected chi connectivity index (χ1v) is 9.40. The molecule has 1 unspecified atom stereocenters. The van der Waals surface area contributed by atoms with Crippen molar-refractivity contribution in [3.05, 3.63) is 41.0 Å². The van der Waals surface area contributed by atoms with Gasteiger partial charge in [-0.15, -0.1) is 11.3 Å². The highest BCUT2D eigenvalue weighted by atomic mass is 32.1. The van der Waals surface area contributed by atoms with Gasteiger partial charge in [0.1, 0.15) is 6.04 Å². The van der Waals surface area contributed by atoms with Crippen molar-refractivity contribution < 1.29 is 24.9 Å². The zero-order valence-electron chi connectivity index (χ0n) is 14.7. The van der Waals surface area contributed by atoms with Gasteiger partial charge in [0, 0.05) is 6.42 Å². The summed E-state index contributed by atoms with van der Waals surface area (Å²) in [6.45, 7) is 1.63. The topological polar surface area (TPSA) is 123 Å². The van der Waals surface area contributed by atoms with E-state index in [2.05, 4.69) is 10.3 Å². The van der Waals surface area contributed by atoms with Crippen LogP contribution in [0.3, 0.4) is 0 Å². The van der Waals surface area contributed by atoms with E-state index in [9.17, 15) is 24.9 Å². The molecule has 2 aromatic rings. The Hall–Kier alpha value is -2.49. The van der Waals surface area contributed by atoms with Crippen LogP contribution in [0.4, 0.5) is 4.79 Å². The molecule has 1 aliphatic heterocycles.